The molecule has 2 amide bonds. The number of hydrogen-bond acceptors (Lipinski definition) is 4. The number of carbonyl (C=O) groups is 2. The standard InChI is InChI=1S/C22H24F3N5O2/c23-22(24,25)12-18(31)29-11-10-21(13-29)8-6-14(7-9-21)16-2-1-3-17-26-20(28-30(16)17)27-19(32)15-4-5-15/h1-5,14-15H,6-13H2,(H,27,28,32). The van der Waals surface area contributed by atoms with Crippen LogP contribution in [0.15, 0.2) is 30.4 Å². The van der Waals surface area contributed by atoms with Gasteiger partial charge < -0.3 is 4.90 Å². The Bertz CT molecular complexity index is 1080. The number of likely N-dealkylation sites (tertiary alicyclic amines) is 1. The largest absolute Gasteiger partial charge is 0.397 e. The van der Waals surface area contributed by atoms with E-state index in [2.05, 4.69) is 15.4 Å². The first-order chi connectivity index (χ1) is 15.2. The Balaban J connectivity index is 1.25. The number of anilines is 1. The molecule has 1 aliphatic heterocycles. The van der Waals surface area contributed by atoms with Crippen molar-refractivity contribution in [1.82, 2.24) is 19.5 Å². The minimum Gasteiger partial charge on any atom is -0.342 e. The van der Waals surface area contributed by atoms with E-state index in [4.69, 9.17) is 0 Å². The second-order valence-electron chi connectivity index (χ2n) is 9.19. The maximum absolute atomic E-state index is 12.6. The normalized spacial score (nSPS) is 25.6. The SMILES string of the molecule is O=C(Nc1nc2cccc(C3CCC4(CC3)CCN(C(=O)CC(F)(F)F)C4)n2n1)C1C=C1. The molecule has 10 heteroatoms. The average Bonchev–Trinajstić information content (AvgIpc) is 3.39. The quantitative estimate of drug-likeness (QED) is 0.726. The van der Waals surface area contributed by atoms with Gasteiger partial charge >= 0.3 is 6.18 Å². The van der Waals surface area contributed by atoms with Gasteiger partial charge in [-0.25, -0.2) is 4.52 Å². The van der Waals surface area contributed by atoms with Crippen molar-refractivity contribution < 1.29 is 22.8 Å². The molecule has 0 aromatic carbocycles. The van der Waals surface area contributed by atoms with Crippen molar-refractivity contribution in [2.24, 2.45) is 11.3 Å². The van der Waals surface area contributed by atoms with Crippen LogP contribution in [0, 0.1) is 11.3 Å². The average molecular weight is 447 g/mol. The van der Waals surface area contributed by atoms with E-state index in [-0.39, 0.29) is 29.1 Å². The van der Waals surface area contributed by atoms with Crippen LogP contribution in [-0.2, 0) is 9.59 Å². The smallest absolute Gasteiger partial charge is 0.342 e. The lowest BCUT2D eigenvalue weighted by molar-refractivity contribution is -0.161. The monoisotopic (exact) mass is 447 g/mol. The molecule has 3 aliphatic rings. The Morgan fingerprint density at radius 1 is 1.16 bits per heavy atom. The van der Waals surface area contributed by atoms with Crippen LogP contribution in [0.5, 0.6) is 0 Å². The van der Waals surface area contributed by atoms with E-state index in [1.54, 1.807) is 16.7 Å². The van der Waals surface area contributed by atoms with Gasteiger partial charge in [0.25, 0.3) is 0 Å². The van der Waals surface area contributed by atoms with E-state index in [1.165, 1.54) is 4.90 Å². The molecule has 5 rings (SSSR count). The van der Waals surface area contributed by atoms with E-state index in [0.29, 0.717) is 18.7 Å². The number of pyridine rings is 1. The molecule has 2 fully saturated rings. The Kier molecular flexibility index (Phi) is 4.98. The van der Waals surface area contributed by atoms with E-state index < -0.39 is 18.5 Å². The van der Waals surface area contributed by atoms with Crippen LogP contribution in [0.2, 0.25) is 0 Å². The zero-order valence-corrected chi connectivity index (χ0v) is 17.4. The fraction of sp³-hybridized carbons (Fsp3) is 0.545. The Morgan fingerprint density at radius 3 is 2.59 bits per heavy atom. The van der Waals surface area contributed by atoms with Crippen LogP contribution < -0.4 is 5.32 Å². The number of aromatic nitrogens is 3. The molecular formula is C22H24F3N5O2. The predicted molar refractivity (Wildman–Crippen MR) is 110 cm³/mol. The van der Waals surface area contributed by atoms with E-state index in [1.807, 2.05) is 18.2 Å². The van der Waals surface area contributed by atoms with E-state index in [9.17, 15) is 22.8 Å². The Labute approximate surface area is 182 Å². The summed E-state index contributed by atoms with van der Waals surface area (Å²) in [5.41, 5.74) is 1.58. The lowest BCUT2D eigenvalue weighted by Crippen LogP contribution is -2.36. The third-order valence-corrected chi connectivity index (χ3v) is 6.92. The highest BCUT2D eigenvalue weighted by atomic mass is 19.4. The number of carbonyl (C=O) groups excluding carboxylic acids is 2. The Morgan fingerprint density at radius 2 is 1.91 bits per heavy atom. The molecule has 0 radical (unpaired) electrons. The summed E-state index contributed by atoms with van der Waals surface area (Å²) >= 11 is 0. The molecule has 3 heterocycles. The van der Waals surface area contributed by atoms with Crippen molar-refractivity contribution in [1.29, 1.82) is 0 Å². The van der Waals surface area contributed by atoms with Gasteiger partial charge in [-0.15, -0.1) is 5.10 Å². The highest BCUT2D eigenvalue weighted by molar-refractivity contribution is 5.96. The number of nitrogens with one attached hydrogen (secondary N) is 1. The number of hydrogen-bond donors (Lipinski definition) is 1. The number of halogens is 3. The minimum absolute atomic E-state index is 0.0928. The summed E-state index contributed by atoms with van der Waals surface area (Å²) < 4.78 is 39.5. The molecule has 1 N–H and O–H groups in total. The first kappa shape index (κ1) is 21.0. The zero-order valence-electron chi connectivity index (χ0n) is 17.4. The summed E-state index contributed by atoms with van der Waals surface area (Å²) in [5.74, 6) is -0.630. The maximum atomic E-state index is 12.6. The van der Waals surface area contributed by atoms with Crippen molar-refractivity contribution in [2.45, 2.75) is 50.6 Å². The van der Waals surface area contributed by atoms with E-state index in [0.717, 1.165) is 37.8 Å². The predicted octanol–water partition coefficient (Wildman–Crippen LogP) is 3.68. The highest BCUT2D eigenvalue weighted by Gasteiger charge is 2.44. The van der Waals surface area contributed by atoms with Crippen molar-refractivity contribution >= 4 is 23.4 Å². The van der Waals surface area contributed by atoms with Gasteiger partial charge in [0.1, 0.15) is 6.42 Å². The molecule has 1 saturated heterocycles. The first-order valence-corrected chi connectivity index (χ1v) is 10.9. The number of rotatable bonds is 4. The van der Waals surface area contributed by atoms with Crippen LogP contribution in [0.25, 0.3) is 5.65 Å². The number of amides is 2. The number of alkyl halides is 3. The third-order valence-electron chi connectivity index (χ3n) is 6.92. The summed E-state index contributed by atoms with van der Waals surface area (Å²) in [6, 6.07) is 5.77. The van der Waals surface area contributed by atoms with Crippen molar-refractivity contribution in [3.05, 3.63) is 36.0 Å². The minimum atomic E-state index is -4.46. The van der Waals surface area contributed by atoms with Gasteiger partial charge in [-0.1, -0.05) is 18.2 Å². The number of fused-ring (bicyclic) bond motifs is 1. The highest BCUT2D eigenvalue weighted by Crippen LogP contribution is 2.48. The van der Waals surface area contributed by atoms with Crippen LogP contribution in [0.4, 0.5) is 19.1 Å². The molecule has 2 aromatic rings. The lowest BCUT2D eigenvalue weighted by Gasteiger charge is -2.37. The zero-order chi connectivity index (χ0) is 22.5. The fourth-order valence-electron chi connectivity index (χ4n) is 5.08. The van der Waals surface area contributed by atoms with Crippen molar-refractivity contribution in [2.75, 3.05) is 18.4 Å². The van der Waals surface area contributed by atoms with Crippen LogP contribution in [0.3, 0.4) is 0 Å². The topological polar surface area (TPSA) is 79.6 Å². The molecule has 2 aliphatic carbocycles. The second kappa shape index (κ2) is 7.60. The number of nitrogens with zero attached hydrogens (tertiary/aromatic N) is 4. The first-order valence-electron chi connectivity index (χ1n) is 10.9. The summed E-state index contributed by atoms with van der Waals surface area (Å²) in [6.45, 7) is 0.810. The van der Waals surface area contributed by atoms with Gasteiger partial charge in [0.2, 0.25) is 17.8 Å². The van der Waals surface area contributed by atoms with Gasteiger partial charge in [0.15, 0.2) is 5.65 Å². The van der Waals surface area contributed by atoms with Crippen molar-refractivity contribution in [3.63, 3.8) is 0 Å². The molecular weight excluding hydrogens is 423 g/mol. The third kappa shape index (κ3) is 4.22. The molecule has 0 unspecified atom stereocenters. The van der Waals surface area contributed by atoms with Gasteiger partial charge in [-0.05, 0) is 49.7 Å². The molecule has 7 nitrogen and oxygen atoms in total. The molecule has 1 spiro atoms. The van der Waals surface area contributed by atoms with Crippen molar-refractivity contribution in [3.8, 4) is 0 Å². The second-order valence-corrected chi connectivity index (χ2v) is 9.19. The van der Waals surface area contributed by atoms with E-state index >= 15 is 0 Å². The molecule has 1 saturated carbocycles. The molecule has 32 heavy (non-hydrogen) atoms. The summed E-state index contributed by atoms with van der Waals surface area (Å²) in [4.78, 5) is 29.8. The molecule has 2 aromatic heterocycles. The van der Waals surface area contributed by atoms with Crippen LogP contribution >= 0.6 is 0 Å². The van der Waals surface area contributed by atoms with Gasteiger partial charge in [-0.3, -0.25) is 14.9 Å². The van der Waals surface area contributed by atoms with Crippen LogP contribution in [0.1, 0.15) is 50.1 Å². The van der Waals surface area contributed by atoms with Crippen LogP contribution in [-0.4, -0.2) is 50.6 Å². The molecule has 170 valence electrons. The molecule has 0 bridgehead atoms. The maximum Gasteiger partial charge on any atom is 0.397 e. The van der Waals surface area contributed by atoms with Gasteiger partial charge in [0.05, 0.1) is 5.92 Å². The molecule has 0 atom stereocenters. The van der Waals surface area contributed by atoms with Gasteiger partial charge in [0, 0.05) is 24.7 Å². The lowest BCUT2D eigenvalue weighted by atomic mass is 9.69. The van der Waals surface area contributed by atoms with Gasteiger partial charge in [-0.2, -0.15) is 18.2 Å². The summed E-state index contributed by atoms with van der Waals surface area (Å²) in [5, 5.41) is 7.22. The fourth-order valence-corrected chi connectivity index (χ4v) is 5.08. The summed E-state index contributed by atoms with van der Waals surface area (Å²) in [7, 11) is 0. The Hall–Kier alpha value is -2.91. The summed E-state index contributed by atoms with van der Waals surface area (Å²) in [6.07, 6.45) is 1.96.